The minimum Gasteiger partial charge on any atom is -0.493 e. The molecule has 0 saturated carbocycles. The van der Waals surface area contributed by atoms with Gasteiger partial charge in [0.15, 0.2) is 11.5 Å². The van der Waals surface area contributed by atoms with Gasteiger partial charge in [0.2, 0.25) is 0 Å². The SMILES string of the molecule is CCNCc1ccc(OCC)c(OC)c1. The highest BCUT2D eigenvalue weighted by Crippen LogP contribution is 2.27. The van der Waals surface area contributed by atoms with Crippen LogP contribution in [0.2, 0.25) is 0 Å². The van der Waals surface area contributed by atoms with Crippen molar-refractivity contribution in [3.8, 4) is 11.5 Å². The van der Waals surface area contributed by atoms with Crippen LogP contribution in [0, 0.1) is 0 Å². The molecule has 0 amide bonds. The first-order chi connectivity index (χ1) is 7.31. The molecule has 0 aliphatic rings. The van der Waals surface area contributed by atoms with Gasteiger partial charge in [-0.05, 0) is 31.2 Å². The van der Waals surface area contributed by atoms with E-state index in [4.69, 9.17) is 9.47 Å². The van der Waals surface area contributed by atoms with Crippen LogP contribution in [0.1, 0.15) is 19.4 Å². The normalized spacial score (nSPS) is 10.1. The van der Waals surface area contributed by atoms with Gasteiger partial charge in [-0.15, -0.1) is 0 Å². The van der Waals surface area contributed by atoms with Crippen molar-refractivity contribution >= 4 is 0 Å². The maximum atomic E-state index is 5.44. The molecule has 3 heteroatoms. The molecule has 0 bridgehead atoms. The zero-order chi connectivity index (χ0) is 11.1. The lowest BCUT2D eigenvalue weighted by molar-refractivity contribution is 0.310. The van der Waals surface area contributed by atoms with E-state index in [0.29, 0.717) is 6.61 Å². The van der Waals surface area contributed by atoms with Crippen molar-refractivity contribution in [3.05, 3.63) is 23.8 Å². The van der Waals surface area contributed by atoms with Crippen LogP contribution in [0.4, 0.5) is 0 Å². The Hall–Kier alpha value is -1.22. The molecule has 0 aromatic heterocycles. The van der Waals surface area contributed by atoms with Gasteiger partial charge in [-0.1, -0.05) is 13.0 Å². The van der Waals surface area contributed by atoms with Gasteiger partial charge in [0.25, 0.3) is 0 Å². The maximum absolute atomic E-state index is 5.44. The molecule has 0 saturated heterocycles. The molecule has 1 aromatic carbocycles. The Morgan fingerprint density at radius 2 is 2.00 bits per heavy atom. The summed E-state index contributed by atoms with van der Waals surface area (Å²) in [5.74, 6) is 1.60. The summed E-state index contributed by atoms with van der Waals surface area (Å²) in [5.41, 5.74) is 1.21. The smallest absolute Gasteiger partial charge is 0.161 e. The minimum absolute atomic E-state index is 0.656. The third-order valence-electron chi connectivity index (χ3n) is 2.11. The zero-order valence-corrected chi connectivity index (χ0v) is 9.67. The van der Waals surface area contributed by atoms with E-state index in [2.05, 4.69) is 18.3 Å². The molecule has 1 N–H and O–H groups in total. The Bertz CT molecular complexity index is 300. The van der Waals surface area contributed by atoms with E-state index < -0.39 is 0 Å². The molecule has 3 nitrogen and oxygen atoms in total. The summed E-state index contributed by atoms with van der Waals surface area (Å²) in [7, 11) is 1.66. The minimum atomic E-state index is 0.656. The number of ether oxygens (including phenoxy) is 2. The molecule has 0 fully saturated rings. The van der Waals surface area contributed by atoms with Crippen molar-refractivity contribution < 1.29 is 9.47 Å². The molecule has 0 radical (unpaired) electrons. The van der Waals surface area contributed by atoms with Crippen molar-refractivity contribution in [2.24, 2.45) is 0 Å². The van der Waals surface area contributed by atoms with Gasteiger partial charge in [0.1, 0.15) is 0 Å². The summed E-state index contributed by atoms with van der Waals surface area (Å²) in [4.78, 5) is 0. The fourth-order valence-corrected chi connectivity index (χ4v) is 1.37. The van der Waals surface area contributed by atoms with Crippen LogP contribution in [-0.4, -0.2) is 20.3 Å². The van der Waals surface area contributed by atoms with Crippen molar-refractivity contribution in [3.63, 3.8) is 0 Å². The highest BCUT2D eigenvalue weighted by molar-refractivity contribution is 5.42. The Kier molecular flexibility index (Phi) is 4.98. The predicted molar refractivity (Wildman–Crippen MR) is 61.5 cm³/mol. The van der Waals surface area contributed by atoms with Gasteiger partial charge in [0, 0.05) is 6.54 Å². The first-order valence-corrected chi connectivity index (χ1v) is 5.32. The molecular weight excluding hydrogens is 190 g/mol. The molecule has 1 rings (SSSR count). The second-order valence-electron chi connectivity index (χ2n) is 3.20. The van der Waals surface area contributed by atoms with Crippen molar-refractivity contribution in [2.75, 3.05) is 20.3 Å². The van der Waals surface area contributed by atoms with Crippen molar-refractivity contribution in [2.45, 2.75) is 20.4 Å². The molecule has 84 valence electrons. The molecule has 0 aliphatic carbocycles. The number of rotatable bonds is 6. The second kappa shape index (κ2) is 6.30. The third kappa shape index (κ3) is 3.44. The molecule has 0 aliphatic heterocycles. The van der Waals surface area contributed by atoms with E-state index in [-0.39, 0.29) is 0 Å². The van der Waals surface area contributed by atoms with Gasteiger partial charge in [-0.3, -0.25) is 0 Å². The lowest BCUT2D eigenvalue weighted by Crippen LogP contribution is -2.11. The Morgan fingerprint density at radius 3 is 2.60 bits per heavy atom. The fourth-order valence-electron chi connectivity index (χ4n) is 1.37. The van der Waals surface area contributed by atoms with Gasteiger partial charge in [0.05, 0.1) is 13.7 Å². The zero-order valence-electron chi connectivity index (χ0n) is 9.67. The Labute approximate surface area is 91.4 Å². The van der Waals surface area contributed by atoms with Crippen LogP contribution in [0.3, 0.4) is 0 Å². The number of hydrogen-bond donors (Lipinski definition) is 1. The lowest BCUT2D eigenvalue weighted by atomic mass is 10.2. The van der Waals surface area contributed by atoms with E-state index in [1.807, 2.05) is 19.1 Å². The summed E-state index contributed by atoms with van der Waals surface area (Å²) >= 11 is 0. The van der Waals surface area contributed by atoms with Crippen LogP contribution in [0.25, 0.3) is 0 Å². The first-order valence-electron chi connectivity index (χ1n) is 5.32. The quantitative estimate of drug-likeness (QED) is 0.779. The van der Waals surface area contributed by atoms with Crippen LogP contribution in [0.5, 0.6) is 11.5 Å². The van der Waals surface area contributed by atoms with Gasteiger partial charge in [-0.2, -0.15) is 0 Å². The van der Waals surface area contributed by atoms with Crippen molar-refractivity contribution in [1.29, 1.82) is 0 Å². The third-order valence-corrected chi connectivity index (χ3v) is 2.11. The van der Waals surface area contributed by atoms with Crippen LogP contribution < -0.4 is 14.8 Å². The van der Waals surface area contributed by atoms with Crippen LogP contribution in [-0.2, 0) is 6.54 Å². The number of nitrogens with one attached hydrogen (secondary N) is 1. The molecule has 1 aromatic rings. The average molecular weight is 209 g/mol. The topological polar surface area (TPSA) is 30.5 Å². The average Bonchev–Trinajstić information content (AvgIpc) is 2.28. The molecule has 15 heavy (non-hydrogen) atoms. The molecule has 0 unspecified atom stereocenters. The summed E-state index contributed by atoms with van der Waals surface area (Å²) in [6.45, 7) is 6.54. The summed E-state index contributed by atoms with van der Waals surface area (Å²) in [6, 6.07) is 6.01. The second-order valence-corrected chi connectivity index (χ2v) is 3.20. The molecular formula is C12H19NO2. The van der Waals surface area contributed by atoms with Crippen LogP contribution in [0.15, 0.2) is 18.2 Å². The molecule has 0 heterocycles. The summed E-state index contributed by atoms with van der Waals surface area (Å²) < 4.78 is 10.7. The summed E-state index contributed by atoms with van der Waals surface area (Å²) in [5, 5.41) is 3.27. The Morgan fingerprint density at radius 1 is 1.20 bits per heavy atom. The number of benzene rings is 1. The van der Waals surface area contributed by atoms with E-state index >= 15 is 0 Å². The van der Waals surface area contributed by atoms with Gasteiger partial charge in [-0.25, -0.2) is 0 Å². The number of methoxy groups -OCH3 is 1. The standard InChI is InChI=1S/C12H19NO2/c1-4-13-9-10-6-7-11(15-5-2)12(8-10)14-3/h6-8,13H,4-5,9H2,1-3H3. The lowest BCUT2D eigenvalue weighted by Gasteiger charge is -2.11. The van der Waals surface area contributed by atoms with E-state index in [0.717, 1.165) is 24.6 Å². The number of hydrogen-bond acceptors (Lipinski definition) is 3. The highest BCUT2D eigenvalue weighted by atomic mass is 16.5. The fraction of sp³-hybridized carbons (Fsp3) is 0.500. The predicted octanol–water partition coefficient (Wildman–Crippen LogP) is 2.20. The molecule has 0 spiro atoms. The van der Waals surface area contributed by atoms with Crippen LogP contribution >= 0.6 is 0 Å². The molecule has 0 atom stereocenters. The van der Waals surface area contributed by atoms with E-state index in [9.17, 15) is 0 Å². The summed E-state index contributed by atoms with van der Waals surface area (Å²) in [6.07, 6.45) is 0. The Balaban J connectivity index is 2.77. The largest absolute Gasteiger partial charge is 0.493 e. The highest BCUT2D eigenvalue weighted by Gasteiger charge is 2.04. The van der Waals surface area contributed by atoms with Gasteiger partial charge >= 0.3 is 0 Å². The monoisotopic (exact) mass is 209 g/mol. The maximum Gasteiger partial charge on any atom is 0.161 e. The first kappa shape index (κ1) is 11.9. The van der Waals surface area contributed by atoms with E-state index in [1.54, 1.807) is 7.11 Å². The van der Waals surface area contributed by atoms with E-state index in [1.165, 1.54) is 5.56 Å². The van der Waals surface area contributed by atoms with Crippen molar-refractivity contribution in [1.82, 2.24) is 5.32 Å². The van der Waals surface area contributed by atoms with Gasteiger partial charge < -0.3 is 14.8 Å².